The Morgan fingerprint density at radius 2 is 1.72 bits per heavy atom. The molecule has 4 rings (SSSR count). The van der Waals surface area contributed by atoms with E-state index in [-0.39, 0.29) is 11.9 Å². The Labute approximate surface area is 167 Å². The number of carbonyl (C=O) groups is 3. The molecule has 0 spiro atoms. The Kier molecular flexibility index (Phi) is 5.29. The van der Waals surface area contributed by atoms with Gasteiger partial charge in [-0.3, -0.25) is 14.4 Å². The number of amides is 3. The van der Waals surface area contributed by atoms with Gasteiger partial charge in [0.15, 0.2) is 0 Å². The van der Waals surface area contributed by atoms with Crippen LogP contribution in [0.2, 0.25) is 0 Å². The molecular weight excluding hydrogens is 368 g/mol. The van der Waals surface area contributed by atoms with Gasteiger partial charge in [-0.15, -0.1) is 0 Å². The van der Waals surface area contributed by atoms with Crippen LogP contribution >= 0.6 is 0 Å². The maximum Gasteiger partial charge on any atom is 0.313 e. The number of anilines is 1. The topological polar surface area (TPSA) is 103 Å². The van der Waals surface area contributed by atoms with E-state index < -0.39 is 11.8 Å². The zero-order valence-corrected chi connectivity index (χ0v) is 15.8. The normalized spacial score (nSPS) is 13.1. The van der Waals surface area contributed by atoms with Crippen LogP contribution in [0.5, 0.6) is 0 Å². The molecule has 1 fully saturated rings. The first-order chi connectivity index (χ1) is 14.1. The molecule has 1 saturated carbocycles. The molecule has 7 nitrogen and oxygen atoms in total. The molecule has 148 valence electrons. The van der Waals surface area contributed by atoms with Gasteiger partial charge < -0.3 is 20.9 Å². The number of nitrogens with one attached hydrogen (secondary N) is 4. The smallest absolute Gasteiger partial charge is 0.313 e. The summed E-state index contributed by atoms with van der Waals surface area (Å²) in [6.45, 7) is 0.450. The van der Waals surface area contributed by atoms with Crippen LogP contribution in [0, 0.1) is 0 Å². The summed E-state index contributed by atoms with van der Waals surface area (Å²) in [5.74, 6) is -1.75. The van der Waals surface area contributed by atoms with Crippen molar-refractivity contribution in [3.63, 3.8) is 0 Å². The zero-order chi connectivity index (χ0) is 20.2. The fourth-order valence-corrected chi connectivity index (χ4v) is 3.19. The highest BCUT2D eigenvalue weighted by Crippen LogP contribution is 2.20. The summed E-state index contributed by atoms with van der Waals surface area (Å²) in [7, 11) is 0. The van der Waals surface area contributed by atoms with Crippen LogP contribution in [0.25, 0.3) is 10.9 Å². The Balaban J connectivity index is 1.37. The quantitative estimate of drug-likeness (QED) is 0.486. The minimum absolute atomic E-state index is 0.0938. The van der Waals surface area contributed by atoms with Crippen LogP contribution in [-0.2, 0) is 16.0 Å². The van der Waals surface area contributed by atoms with Gasteiger partial charge in [-0.25, -0.2) is 0 Å². The van der Waals surface area contributed by atoms with Crippen molar-refractivity contribution in [1.29, 1.82) is 0 Å². The summed E-state index contributed by atoms with van der Waals surface area (Å²) < 4.78 is 0. The van der Waals surface area contributed by atoms with Crippen molar-refractivity contribution in [2.75, 3.05) is 11.9 Å². The predicted molar refractivity (Wildman–Crippen MR) is 111 cm³/mol. The van der Waals surface area contributed by atoms with Gasteiger partial charge in [-0.05, 0) is 43.0 Å². The third kappa shape index (κ3) is 4.45. The molecule has 3 amide bonds. The second-order valence-electron chi connectivity index (χ2n) is 7.11. The number of para-hydroxylation sites is 2. The van der Waals surface area contributed by atoms with Crippen molar-refractivity contribution in [3.8, 4) is 0 Å². The number of carbonyl (C=O) groups excluding carboxylic acids is 3. The second-order valence-corrected chi connectivity index (χ2v) is 7.11. The lowest BCUT2D eigenvalue weighted by Crippen LogP contribution is -2.37. The number of benzene rings is 2. The molecule has 1 heterocycles. The van der Waals surface area contributed by atoms with Gasteiger partial charge in [0.25, 0.3) is 5.91 Å². The van der Waals surface area contributed by atoms with E-state index in [1.54, 1.807) is 24.3 Å². The lowest BCUT2D eigenvalue weighted by atomic mass is 10.1. The number of rotatable bonds is 6. The Morgan fingerprint density at radius 1 is 0.966 bits per heavy atom. The fraction of sp³-hybridized carbons (Fsp3) is 0.227. The highest BCUT2D eigenvalue weighted by Gasteiger charge is 2.27. The van der Waals surface area contributed by atoms with Crippen molar-refractivity contribution in [2.24, 2.45) is 0 Å². The molecule has 0 atom stereocenters. The Hall–Kier alpha value is -3.61. The number of hydrogen-bond acceptors (Lipinski definition) is 3. The summed E-state index contributed by atoms with van der Waals surface area (Å²) >= 11 is 0. The monoisotopic (exact) mass is 390 g/mol. The Morgan fingerprint density at radius 3 is 2.55 bits per heavy atom. The van der Waals surface area contributed by atoms with Crippen molar-refractivity contribution < 1.29 is 14.4 Å². The van der Waals surface area contributed by atoms with E-state index in [0.717, 1.165) is 29.3 Å². The van der Waals surface area contributed by atoms with Crippen LogP contribution in [0.1, 0.15) is 28.8 Å². The van der Waals surface area contributed by atoms with Gasteiger partial charge in [-0.1, -0.05) is 30.3 Å². The van der Waals surface area contributed by atoms with Gasteiger partial charge >= 0.3 is 11.8 Å². The van der Waals surface area contributed by atoms with Crippen LogP contribution in [-0.4, -0.2) is 35.3 Å². The van der Waals surface area contributed by atoms with Crippen molar-refractivity contribution >= 4 is 34.3 Å². The van der Waals surface area contributed by atoms with Crippen molar-refractivity contribution in [3.05, 3.63) is 65.9 Å². The standard InChI is InChI=1S/C22H22N4O3/c27-20(23-12-11-14-13-24-18-7-3-1-5-16(14)18)17-6-2-4-8-19(17)26-22(29)21(28)25-15-9-10-15/h1-8,13,15,24H,9-12H2,(H,23,27)(H,25,28)(H,26,29). The molecule has 2 aromatic carbocycles. The summed E-state index contributed by atoms with van der Waals surface area (Å²) in [4.78, 5) is 39.8. The van der Waals surface area contributed by atoms with Crippen molar-refractivity contribution in [2.45, 2.75) is 25.3 Å². The molecule has 0 bridgehead atoms. The molecule has 0 radical (unpaired) electrons. The maximum atomic E-state index is 12.6. The molecular formula is C22H22N4O3. The van der Waals surface area contributed by atoms with Crippen LogP contribution in [0.3, 0.4) is 0 Å². The van der Waals surface area contributed by atoms with E-state index in [0.29, 0.717) is 24.2 Å². The van der Waals surface area contributed by atoms with E-state index >= 15 is 0 Å². The fourth-order valence-electron chi connectivity index (χ4n) is 3.19. The van der Waals surface area contributed by atoms with E-state index in [1.807, 2.05) is 30.5 Å². The van der Waals surface area contributed by atoms with Gasteiger partial charge in [0.2, 0.25) is 0 Å². The molecule has 29 heavy (non-hydrogen) atoms. The summed E-state index contributed by atoms with van der Waals surface area (Å²) in [6.07, 6.45) is 4.42. The van der Waals surface area contributed by atoms with E-state index in [1.165, 1.54) is 0 Å². The SMILES string of the molecule is O=C(Nc1ccccc1C(=O)NCCc1c[nH]c2ccccc12)C(=O)NC1CC1. The largest absolute Gasteiger partial charge is 0.361 e. The third-order valence-electron chi connectivity index (χ3n) is 4.89. The summed E-state index contributed by atoms with van der Waals surface area (Å²) in [6, 6.07) is 14.8. The number of aromatic amines is 1. The van der Waals surface area contributed by atoms with Crippen molar-refractivity contribution in [1.82, 2.24) is 15.6 Å². The maximum absolute atomic E-state index is 12.6. The molecule has 0 unspecified atom stereocenters. The molecule has 1 aliphatic rings. The average molecular weight is 390 g/mol. The number of aromatic nitrogens is 1. The Bertz CT molecular complexity index is 1070. The number of H-pyrrole nitrogens is 1. The molecule has 1 aliphatic carbocycles. The average Bonchev–Trinajstić information content (AvgIpc) is 3.46. The van der Waals surface area contributed by atoms with Gasteiger partial charge in [0.05, 0.1) is 11.3 Å². The molecule has 3 aromatic rings. The first-order valence-electron chi connectivity index (χ1n) is 9.66. The van der Waals surface area contributed by atoms with Crippen LogP contribution < -0.4 is 16.0 Å². The zero-order valence-electron chi connectivity index (χ0n) is 15.8. The van der Waals surface area contributed by atoms with Gasteiger partial charge in [-0.2, -0.15) is 0 Å². The molecule has 1 aromatic heterocycles. The predicted octanol–water partition coefficient (Wildman–Crippen LogP) is 2.36. The highest BCUT2D eigenvalue weighted by molar-refractivity contribution is 6.40. The van der Waals surface area contributed by atoms with E-state index in [4.69, 9.17) is 0 Å². The second kappa shape index (κ2) is 8.18. The lowest BCUT2D eigenvalue weighted by molar-refractivity contribution is -0.136. The molecule has 7 heteroatoms. The highest BCUT2D eigenvalue weighted by atomic mass is 16.2. The minimum Gasteiger partial charge on any atom is -0.361 e. The van der Waals surface area contributed by atoms with Crippen LogP contribution in [0.15, 0.2) is 54.7 Å². The first kappa shape index (κ1) is 18.7. The first-order valence-corrected chi connectivity index (χ1v) is 9.66. The third-order valence-corrected chi connectivity index (χ3v) is 4.89. The summed E-state index contributed by atoms with van der Waals surface area (Å²) in [5.41, 5.74) is 2.82. The molecule has 0 saturated heterocycles. The lowest BCUT2D eigenvalue weighted by Gasteiger charge is -2.11. The molecule has 0 aliphatic heterocycles. The van der Waals surface area contributed by atoms with Crippen LogP contribution in [0.4, 0.5) is 5.69 Å². The van der Waals surface area contributed by atoms with Gasteiger partial charge in [0, 0.05) is 29.7 Å². The minimum atomic E-state index is -0.768. The molecule has 4 N–H and O–H groups in total. The van der Waals surface area contributed by atoms with E-state index in [2.05, 4.69) is 20.9 Å². The number of fused-ring (bicyclic) bond motifs is 1. The summed E-state index contributed by atoms with van der Waals surface area (Å²) in [5, 5.41) is 9.19. The van der Waals surface area contributed by atoms with Gasteiger partial charge in [0.1, 0.15) is 0 Å². The van der Waals surface area contributed by atoms with E-state index in [9.17, 15) is 14.4 Å². The number of hydrogen-bond donors (Lipinski definition) is 4.